The van der Waals surface area contributed by atoms with Crippen LogP contribution in [0.15, 0.2) is 53.1 Å². The number of nitrogens with zero attached hydrogens (tertiary/aromatic N) is 3. The molecule has 0 fully saturated rings. The van der Waals surface area contributed by atoms with Crippen LogP contribution in [-0.4, -0.2) is 21.1 Å². The van der Waals surface area contributed by atoms with Crippen molar-refractivity contribution < 1.29 is 9.21 Å². The van der Waals surface area contributed by atoms with Crippen LogP contribution in [0.4, 0.5) is 5.69 Å². The molecule has 2 aromatic heterocycles. The third-order valence-corrected chi connectivity index (χ3v) is 3.25. The van der Waals surface area contributed by atoms with Crippen LogP contribution < -0.4 is 5.32 Å². The molecule has 1 aromatic carbocycles. The highest BCUT2D eigenvalue weighted by atomic mass is 16.4. The minimum Gasteiger partial charge on any atom is -0.421 e. The summed E-state index contributed by atoms with van der Waals surface area (Å²) in [4.78, 5) is 16.3. The van der Waals surface area contributed by atoms with Gasteiger partial charge in [0.1, 0.15) is 0 Å². The first-order chi connectivity index (χ1) is 11.2. The van der Waals surface area contributed by atoms with Gasteiger partial charge in [-0.3, -0.25) is 9.78 Å². The van der Waals surface area contributed by atoms with Gasteiger partial charge in [0.15, 0.2) is 0 Å². The predicted octanol–water partition coefficient (Wildman–Crippen LogP) is 3.01. The molecule has 3 aromatic rings. The molecule has 1 N–H and O–H groups in total. The monoisotopic (exact) mass is 308 g/mol. The van der Waals surface area contributed by atoms with Gasteiger partial charge in [0, 0.05) is 36.5 Å². The molecule has 0 aliphatic rings. The maximum absolute atomic E-state index is 12.0. The van der Waals surface area contributed by atoms with Crippen LogP contribution in [0.2, 0.25) is 0 Å². The van der Waals surface area contributed by atoms with E-state index in [1.165, 1.54) is 0 Å². The van der Waals surface area contributed by atoms with Crippen molar-refractivity contribution in [2.24, 2.45) is 0 Å². The Kier molecular flexibility index (Phi) is 4.42. The van der Waals surface area contributed by atoms with Crippen molar-refractivity contribution in [1.29, 1.82) is 0 Å². The molecule has 0 spiro atoms. The summed E-state index contributed by atoms with van der Waals surface area (Å²) in [6, 6.07) is 13.0. The molecule has 0 radical (unpaired) electrons. The van der Waals surface area contributed by atoms with Crippen LogP contribution in [0.5, 0.6) is 0 Å². The van der Waals surface area contributed by atoms with Gasteiger partial charge in [-0.2, -0.15) is 0 Å². The van der Waals surface area contributed by atoms with Crippen LogP contribution in [-0.2, 0) is 11.2 Å². The number of aromatic nitrogens is 3. The second kappa shape index (κ2) is 6.83. The van der Waals surface area contributed by atoms with Gasteiger partial charge >= 0.3 is 0 Å². The van der Waals surface area contributed by atoms with Gasteiger partial charge in [0.05, 0.1) is 0 Å². The van der Waals surface area contributed by atoms with Crippen molar-refractivity contribution in [2.75, 3.05) is 5.32 Å². The first kappa shape index (κ1) is 14.9. The molecule has 6 heteroatoms. The van der Waals surface area contributed by atoms with Crippen LogP contribution >= 0.6 is 0 Å². The largest absolute Gasteiger partial charge is 0.421 e. The van der Waals surface area contributed by atoms with Gasteiger partial charge in [-0.15, -0.1) is 10.2 Å². The number of hydrogen-bond donors (Lipinski definition) is 1. The lowest BCUT2D eigenvalue weighted by Gasteiger charge is -2.06. The van der Waals surface area contributed by atoms with E-state index in [0.29, 0.717) is 30.3 Å². The second-order valence-electron chi connectivity index (χ2n) is 5.08. The maximum Gasteiger partial charge on any atom is 0.247 e. The van der Waals surface area contributed by atoms with Crippen LogP contribution in [0.3, 0.4) is 0 Å². The topological polar surface area (TPSA) is 80.9 Å². The third-order valence-electron chi connectivity index (χ3n) is 3.25. The van der Waals surface area contributed by atoms with Gasteiger partial charge < -0.3 is 9.73 Å². The average molecular weight is 308 g/mol. The molecule has 0 aliphatic heterocycles. The van der Waals surface area contributed by atoms with E-state index in [0.717, 1.165) is 11.3 Å². The van der Waals surface area contributed by atoms with Gasteiger partial charge in [0.25, 0.3) is 0 Å². The summed E-state index contributed by atoms with van der Waals surface area (Å²) in [5, 5.41) is 10.7. The van der Waals surface area contributed by atoms with Crippen molar-refractivity contribution >= 4 is 11.6 Å². The van der Waals surface area contributed by atoms with E-state index in [2.05, 4.69) is 20.5 Å². The number of nitrogens with one attached hydrogen (secondary N) is 1. The zero-order chi connectivity index (χ0) is 16.1. The normalized spacial score (nSPS) is 10.5. The van der Waals surface area contributed by atoms with Crippen LogP contribution in [0.1, 0.15) is 18.0 Å². The summed E-state index contributed by atoms with van der Waals surface area (Å²) in [6.45, 7) is 1.74. The minimum absolute atomic E-state index is 0.0606. The molecule has 1 amide bonds. The summed E-state index contributed by atoms with van der Waals surface area (Å²) < 4.78 is 5.39. The summed E-state index contributed by atoms with van der Waals surface area (Å²) in [7, 11) is 0. The predicted molar refractivity (Wildman–Crippen MR) is 85.7 cm³/mol. The number of aryl methyl sites for hydroxylation is 2. The SMILES string of the molecule is Cc1nnc(-c2cccc(NC(=O)CCc3ccccn3)c2)o1. The Morgan fingerprint density at radius 2 is 2.09 bits per heavy atom. The lowest BCUT2D eigenvalue weighted by Crippen LogP contribution is -2.12. The summed E-state index contributed by atoms with van der Waals surface area (Å²) >= 11 is 0. The number of pyridine rings is 1. The van der Waals surface area contributed by atoms with E-state index in [1.807, 2.05) is 42.5 Å². The number of rotatable bonds is 5. The van der Waals surface area contributed by atoms with E-state index >= 15 is 0 Å². The van der Waals surface area contributed by atoms with Crippen molar-refractivity contribution in [3.8, 4) is 11.5 Å². The standard InChI is InChI=1S/C17H16N4O2/c1-12-20-21-17(23-12)13-5-4-7-15(11-13)19-16(22)9-8-14-6-2-3-10-18-14/h2-7,10-11H,8-9H2,1H3,(H,19,22). The van der Waals surface area contributed by atoms with Crippen molar-refractivity contribution in [3.05, 3.63) is 60.2 Å². The molecule has 2 heterocycles. The summed E-state index contributed by atoms with van der Waals surface area (Å²) in [6.07, 6.45) is 2.71. The minimum atomic E-state index is -0.0606. The molecule has 23 heavy (non-hydrogen) atoms. The Bertz CT molecular complexity index is 799. The molecule has 0 atom stereocenters. The number of carbonyl (C=O) groups excluding carboxylic acids is 1. The number of amides is 1. The first-order valence-corrected chi connectivity index (χ1v) is 7.31. The lowest BCUT2D eigenvalue weighted by atomic mass is 10.2. The van der Waals surface area contributed by atoms with Gasteiger partial charge in [-0.1, -0.05) is 12.1 Å². The van der Waals surface area contributed by atoms with E-state index < -0.39 is 0 Å². The number of benzene rings is 1. The molecule has 6 nitrogen and oxygen atoms in total. The van der Waals surface area contributed by atoms with Gasteiger partial charge in [-0.25, -0.2) is 0 Å². The van der Waals surface area contributed by atoms with Crippen LogP contribution in [0.25, 0.3) is 11.5 Å². The fourth-order valence-corrected chi connectivity index (χ4v) is 2.15. The lowest BCUT2D eigenvalue weighted by molar-refractivity contribution is -0.116. The second-order valence-corrected chi connectivity index (χ2v) is 5.08. The Balaban J connectivity index is 1.62. The number of carbonyl (C=O) groups is 1. The summed E-state index contributed by atoms with van der Waals surface area (Å²) in [5.74, 6) is 0.881. The molecule has 0 aliphatic carbocycles. The Morgan fingerprint density at radius 3 is 2.83 bits per heavy atom. The number of hydrogen-bond acceptors (Lipinski definition) is 5. The van der Waals surface area contributed by atoms with Crippen molar-refractivity contribution in [1.82, 2.24) is 15.2 Å². The van der Waals surface area contributed by atoms with E-state index in [1.54, 1.807) is 13.1 Å². The van der Waals surface area contributed by atoms with Crippen molar-refractivity contribution in [3.63, 3.8) is 0 Å². The molecule has 0 unspecified atom stereocenters. The molecule has 0 saturated carbocycles. The average Bonchev–Trinajstić information content (AvgIpc) is 3.01. The molecule has 3 rings (SSSR count). The fraction of sp³-hybridized carbons (Fsp3) is 0.176. The van der Waals surface area contributed by atoms with Crippen LogP contribution in [0, 0.1) is 6.92 Å². The first-order valence-electron chi connectivity index (χ1n) is 7.31. The van der Waals surface area contributed by atoms with E-state index in [9.17, 15) is 4.79 Å². The zero-order valence-electron chi connectivity index (χ0n) is 12.7. The quantitative estimate of drug-likeness (QED) is 0.783. The summed E-state index contributed by atoms with van der Waals surface area (Å²) in [5.41, 5.74) is 2.37. The Labute approximate surface area is 133 Å². The highest BCUT2D eigenvalue weighted by Gasteiger charge is 2.08. The molecule has 0 saturated heterocycles. The van der Waals surface area contributed by atoms with Gasteiger partial charge in [0.2, 0.25) is 17.7 Å². The highest BCUT2D eigenvalue weighted by Crippen LogP contribution is 2.21. The maximum atomic E-state index is 12.0. The molecular weight excluding hydrogens is 292 g/mol. The van der Waals surface area contributed by atoms with Gasteiger partial charge in [-0.05, 0) is 36.8 Å². The van der Waals surface area contributed by atoms with E-state index in [-0.39, 0.29) is 5.91 Å². The highest BCUT2D eigenvalue weighted by molar-refractivity contribution is 5.91. The smallest absolute Gasteiger partial charge is 0.247 e. The number of anilines is 1. The van der Waals surface area contributed by atoms with Crippen molar-refractivity contribution in [2.45, 2.75) is 19.8 Å². The zero-order valence-corrected chi connectivity index (χ0v) is 12.7. The third kappa shape index (κ3) is 4.00. The fourth-order valence-electron chi connectivity index (χ4n) is 2.15. The Hall–Kier alpha value is -3.02. The molecule has 116 valence electrons. The Morgan fingerprint density at radius 1 is 1.17 bits per heavy atom. The van der Waals surface area contributed by atoms with E-state index in [4.69, 9.17) is 4.42 Å². The molecule has 0 bridgehead atoms. The molecular formula is C17H16N4O2.